The van der Waals surface area contributed by atoms with Crippen molar-refractivity contribution in [3.63, 3.8) is 0 Å². The van der Waals surface area contributed by atoms with E-state index in [0.29, 0.717) is 33.6 Å². The van der Waals surface area contributed by atoms with Gasteiger partial charge in [0.15, 0.2) is 6.10 Å². The molecule has 3 rings (SSSR count). The van der Waals surface area contributed by atoms with Crippen molar-refractivity contribution < 1.29 is 27.4 Å². The molecule has 30 heavy (non-hydrogen) atoms. The Morgan fingerprint density at radius 1 is 1.30 bits per heavy atom. The second kappa shape index (κ2) is 8.91. The first-order valence-electron chi connectivity index (χ1n) is 9.34. The van der Waals surface area contributed by atoms with Crippen molar-refractivity contribution in [1.82, 2.24) is 4.57 Å². The number of hydrogen-bond acceptors (Lipinski definition) is 4. The molecular formula is C21H21ClF3NO4. The van der Waals surface area contributed by atoms with Gasteiger partial charge in [0.1, 0.15) is 6.29 Å². The molecule has 0 aliphatic carbocycles. The Bertz CT molecular complexity index is 989. The topological polar surface area (TPSA) is 57.5 Å². The second-order valence-corrected chi connectivity index (χ2v) is 7.73. The first kappa shape index (κ1) is 22.5. The summed E-state index contributed by atoms with van der Waals surface area (Å²) in [4.78, 5) is 24.4. The van der Waals surface area contributed by atoms with Crippen LogP contribution in [0.4, 0.5) is 13.2 Å². The minimum Gasteiger partial charge on any atom is -0.382 e. The van der Waals surface area contributed by atoms with Crippen molar-refractivity contribution in [1.29, 1.82) is 0 Å². The predicted octanol–water partition coefficient (Wildman–Crippen LogP) is 4.34. The maximum atomic E-state index is 13.4. The zero-order chi connectivity index (χ0) is 22.1. The third-order valence-electron chi connectivity index (χ3n) is 5.23. The number of rotatable bonds is 5. The lowest BCUT2D eigenvalue weighted by Gasteiger charge is -2.27. The van der Waals surface area contributed by atoms with E-state index in [2.05, 4.69) is 0 Å². The summed E-state index contributed by atoms with van der Waals surface area (Å²) in [7, 11) is 1.49. The highest BCUT2D eigenvalue weighted by molar-refractivity contribution is 6.30. The van der Waals surface area contributed by atoms with Crippen LogP contribution in [0.3, 0.4) is 0 Å². The van der Waals surface area contributed by atoms with Gasteiger partial charge in [0.2, 0.25) is 0 Å². The minimum absolute atomic E-state index is 0.243. The highest BCUT2D eigenvalue weighted by atomic mass is 35.5. The van der Waals surface area contributed by atoms with E-state index in [1.807, 2.05) is 0 Å². The molecule has 0 N–H and O–H groups in total. The molecule has 2 heterocycles. The molecule has 0 saturated heterocycles. The van der Waals surface area contributed by atoms with E-state index < -0.39 is 23.9 Å². The van der Waals surface area contributed by atoms with E-state index in [-0.39, 0.29) is 25.6 Å². The van der Waals surface area contributed by atoms with Gasteiger partial charge in [-0.25, -0.2) is 0 Å². The molecule has 1 aromatic heterocycles. The third kappa shape index (κ3) is 4.77. The van der Waals surface area contributed by atoms with Crippen LogP contribution in [0.5, 0.6) is 0 Å². The molecule has 9 heteroatoms. The Morgan fingerprint density at radius 3 is 2.63 bits per heavy atom. The van der Waals surface area contributed by atoms with Crippen LogP contribution in [0, 0.1) is 0 Å². The molecule has 162 valence electrons. The van der Waals surface area contributed by atoms with Gasteiger partial charge in [0.25, 0.3) is 5.56 Å². The van der Waals surface area contributed by atoms with Gasteiger partial charge in [0, 0.05) is 42.8 Å². The normalized spacial score (nSPS) is 18.5. The van der Waals surface area contributed by atoms with Crippen molar-refractivity contribution in [2.45, 2.75) is 50.8 Å². The van der Waals surface area contributed by atoms with E-state index in [1.54, 1.807) is 13.0 Å². The van der Waals surface area contributed by atoms with Gasteiger partial charge in [-0.2, -0.15) is 13.2 Å². The summed E-state index contributed by atoms with van der Waals surface area (Å²) in [6.07, 6.45) is -4.98. The number of aromatic nitrogens is 1. The fourth-order valence-electron chi connectivity index (χ4n) is 3.52. The molecule has 0 amide bonds. The summed E-state index contributed by atoms with van der Waals surface area (Å²) >= 11 is 6.08. The molecule has 0 radical (unpaired) electrons. The lowest BCUT2D eigenvalue weighted by Crippen LogP contribution is -2.35. The number of ether oxygens (including phenoxy) is 2. The van der Waals surface area contributed by atoms with Crippen LogP contribution in [-0.2, 0) is 27.3 Å². The standard InChI is InChI=1S/C21H21ClF3NO4/c1-12(29-2)5-16(10-27)26-9-14-11-30-19(21(23,24)25)6-13-3-4-15(22)7-17(13)18(14)8-20(26)28/h3-4,7-10,12,16,19H,5-6,11H2,1-2H3. The number of halogens is 4. The summed E-state index contributed by atoms with van der Waals surface area (Å²) in [6.45, 7) is 1.39. The number of carbonyl (C=O) groups is 1. The van der Waals surface area contributed by atoms with Crippen LogP contribution in [0.1, 0.15) is 30.5 Å². The van der Waals surface area contributed by atoms with E-state index in [0.717, 1.165) is 0 Å². The first-order valence-corrected chi connectivity index (χ1v) is 9.72. The zero-order valence-electron chi connectivity index (χ0n) is 16.4. The summed E-state index contributed by atoms with van der Waals surface area (Å²) in [5.41, 5.74) is 1.18. The van der Waals surface area contributed by atoms with Crippen molar-refractivity contribution in [2.24, 2.45) is 0 Å². The fourth-order valence-corrected chi connectivity index (χ4v) is 3.70. The molecule has 0 saturated carbocycles. The number of aldehydes is 1. The summed E-state index contributed by atoms with van der Waals surface area (Å²) < 4.78 is 51.9. The Kier molecular flexibility index (Phi) is 6.69. The molecule has 1 aromatic carbocycles. The molecule has 5 nitrogen and oxygen atoms in total. The highest BCUT2D eigenvalue weighted by Crippen LogP contribution is 2.36. The SMILES string of the molecule is COC(C)CC(C=O)n1cc2c(cc1=O)-c1cc(Cl)ccc1CC(C(F)(F)F)OC2. The zero-order valence-corrected chi connectivity index (χ0v) is 17.2. The number of methoxy groups -OCH3 is 1. The first-order chi connectivity index (χ1) is 14.1. The van der Waals surface area contributed by atoms with Crippen LogP contribution < -0.4 is 5.56 Å². The van der Waals surface area contributed by atoms with Crippen LogP contribution in [0.25, 0.3) is 11.1 Å². The van der Waals surface area contributed by atoms with E-state index in [1.165, 1.54) is 36.1 Å². The molecule has 0 bridgehead atoms. The Hall–Kier alpha value is -2.16. The molecule has 3 atom stereocenters. The predicted molar refractivity (Wildman–Crippen MR) is 106 cm³/mol. The van der Waals surface area contributed by atoms with Gasteiger partial charge in [-0.3, -0.25) is 4.79 Å². The van der Waals surface area contributed by atoms with Crippen molar-refractivity contribution in [2.75, 3.05) is 7.11 Å². The number of nitrogens with zero attached hydrogens (tertiary/aromatic N) is 1. The van der Waals surface area contributed by atoms with E-state index in [4.69, 9.17) is 21.1 Å². The van der Waals surface area contributed by atoms with Gasteiger partial charge in [-0.05, 0) is 35.7 Å². The number of pyridine rings is 1. The molecule has 2 aromatic rings. The van der Waals surface area contributed by atoms with Crippen LogP contribution in [-0.4, -0.2) is 36.3 Å². The van der Waals surface area contributed by atoms with Gasteiger partial charge in [0.05, 0.1) is 18.8 Å². The number of hydrogen-bond donors (Lipinski definition) is 0. The summed E-state index contributed by atoms with van der Waals surface area (Å²) in [5, 5.41) is 0.341. The summed E-state index contributed by atoms with van der Waals surface area (Å²) in [5.74, 6) is 0. The van der Waals surface area contributed by atoms with Crippen molar-refractivity contribution >= 4 is 17.9 Å². The summed E-state index contributed by atoms with van der Waals surface area (Å²) in [6, 6.07) is 5.05. The van der Waals surface area contributed by atoms with Gasteiger partial charge in [-0.15, -0.1) is 0 Å². The molecule has 1 aliphatic rings. The Balaban J connectivity index is 2.14. The Labute approximate surface area is 176 Å². The average molecular weight is 444 g/mol. The van der Waals surface area contributed by atoms with Crippen LogP contribution in [0.2, 0.25) is 5.02 Å². The van der Waals surface area contributed by atoms with Gasteiger partial charge in [-0.1, -0.05) is 17.7 Å². The van der Waals surface area contributed by atoms with Crippen molar-refractivity contribution in [3.05, 3.63) is 57.0 Å². The fraction of sp³-hybridized carbons (Fsp3) is 0.429. The lowest BCUT2D eigenvalue weighted by atomic mass is 9.92. The highest BCUT2D eigenvalue weighted by Gasteiger charge is 2.42. The molecular weight excluding hydrogens is 423 g/mol. The van der Waals surface area contributed by atoms with E-state index >= 15 is 0 Å². The van der Waals surface area contributed by atoms with Crippen molar-refractivity contribution in [3.8, 4) is 11.1 Å². The number of benzene rings is 1. The quantitative estimate of drug-likeness (QED) is 0.645. The van der Waals surface area contributed by atoms with E-state index in [9.17, 15) is 22.8 Å². The molecule has 0 spiro atoms. The second-order valence-electron chi connectivity index (χ2n) is 7.29. The Morgan fingerprint density at radius 2 is 2.00 bits per heavy atom. The maximum absolute atomic E-state index is 13.4. The third-order valence-corrected chi connectivity index (χ3v) is 5.46. The maximum Gasteiger partial charge on any atom is 0.414 e. The molecule has 1 aliphatic heterocycles. The van der Waals surface area contributed by atoms with Crippen LogP contribution >= 0.6 is 11.6 Å². The monoisotopic (exact) mass is 443 g/mol. The lowest BCUT2D eigenvalue weighted by molar-refractivity contribution is -0.223. The number of carbonyl (C=O) groups excluding carboxylic acids is 1. The smallest absolute Gasteiger partial charge is 0.382 e. The average Bonchev–Trinajstić information content (AvgIpc) is 2.68. The number of fused-ring (bicyclic) bond motifs is 3. The van der Waals surface area contributed by atoms with Gasteiger partial charge < -0.3 is 18.8 Å². The largest absolute Gasteiger partial charge is 0.414 e. The molecule has 0 fully saturated rings. The molecule has 3 unspecified atom stereocenters. The minimum atomic E-state index is -4.55. The van der Waals surface area contributed by atoms with Crippen LogP contribution in [0.15, 0.2) is 35.3 Å². The number of alkyl halides is 3. The van der Waals surface area contributed by atoms with Gasteiger partial charge >= 0.3 is 6.18 Å².